The van der Waals surface area contributed by atoms with Crippen LogP contribution < -0.4 is 0 Å². The van der Waals surface area contributed by atoms with Gasteiger partial charge in [-0.25, -0.2) is 0 Å². The van der Waals surface area contributed by atoms with Crippen molar-refractivity contribution in [3.8, 4) is 0 Å². The normalized spacial score (nSPS) is 43.6. The zero-order valence-electron chi connectivity index (χ0n) is 8.49. The van der Waals surface area contributed by atoms with Crippen LogP contribution in [0.25, 0.3) is 0 Å². The van der Waals surface area contributed by atoms with E-state index >= 15 is 0 Å². The number of hydrogen-bond acceptors (Lipinski definition) is 3. The first-order valence-electron chi connectivity index (χ1n) is 5.50. The van der Waals surface area contributed by atoms with Gasteiger partial charge >= 0.3 is 0 Å². The number of ether oxygens (including phenoxy) is 2. The minimum absolute atomic E-state index is 0.281. The van der Waals surface area contributed by atoms with Crippen molar-refractivity contribution < 1.29 is 14.3 Å². The van der Waals surface area contributed by atoms with Crippen molar-refractivity contribution in [3.05, 3.63) is 0 Å². The second-order valence-corrected chi connectivity index (χ2v) is 4.86. The zero-order valence-corrected chi connectivity index (χ0v) is 8.49. The van der Waals surface area contributed by atoms with Crippen molar-refractivity contribution in [1.82, 2.24) is 0 Å². The Bertz CT molecular complexity index is 268. The fourth-order valence-corrected chi connectivity index (χ4v) is 3.56. The van der Waals surface area contributed by atoms with Crippen LogP contribution in [0.15, 0.2) is 0 Å². The summed E-state index contributed by atoms with van der Waals surface area (Å²) in [6.45, 7) is 3.18. The van der Waals surface area contributed by atoms with Crippen LogP contribution in [-0.4, -0.2) is 24.8 Å². The number of ketones is 1. The third-order valence-corrected chi connectivity index (χ3v) is 4.16. The molecule has 1 saturated heterocycles. The van der Waals surface area contributed by atoms with Gasteiger partial charge in [-0.15, -0.1) is 0 Å². The maximum Gasteiger partial charge on any atom is 0.171 e. The SMILES string of the molecule is CC(=O)C1CC2CC1CC21OCCO1. The van der Waals surface area contributed by atoms with E-state index in [1.165, 1.54) is 0 Å². The Balaban J connectivity index is 1.79. The summed E-state index contributed by atoms with van der Waals surface area (Å²) in [5.74, 6) is 1.36. The molecule has 78 valence electrons. The molecule has 1 heterocycles. The Morgan fingerprint density at radius 2 is 2.00 bits per heavy atom. The molecule has 3 fully saturated rings. The van der Waals surface area contributed by atoms with Gasteiger partial charge in [0.15, 0.2) is 5.79 Å². The molecular weight excluding hydrogens is 180 g/mol. The molecular formula is C11H16O3. The van der Waals surface area contributed by atoms with Crippen molar-refractivity contribution in [1.29, 1.82) is 0 Å². The fraction of sp³-hybridized carbons (Fsp3) is 0.909. The highest BCUT2D eigenvalue weighted by Crippen LogP contribution is 2.57. The van der Waals surface area contributed by atoms with Gasteiger partial charge in [-0.1, -0.05) is 0 Å². The summed E-state index contributed by atoms with van der Waals surface area (Å²) < 4.78 is 11.5. The maximum atomic E-state index is 11.4. The van der Waals surface area contributed by atoms with E-state index in [1.54, 1.807) is 6.92 Å². The third kappa shape index (κ3) is 1.03. The van der Waals surface area contributed by atoms with E-state index in [9.17, 15) is 4.79 Å². The summed E-state index contributed by atoms with van der Waals surface area (Å²) in [6, 6.07) is 0. The molecule has 2 bridgehead atoms. The van der Waals surface area contributed by atoms with E-state index in [2.05, 4.69) is 0 Å². The summed E-state index contributed by atoms with van der Waals surface area (Å²) in [6.07, 6.45) is 3.06. The van der Waals surface area contributed by atoms with Crippen molar-refractivity contribution in [2.45, 2.75) is 32.0 Å². The first-order valence-corrected chi connectivity index (χ1v) is 5.50. The van der Waals surface area contributed by atoms with Gasteiger partial charge in [0.2, 0.25) is 0 Å². The number of fused-ring (bicyclic) bond motifs is 3. The van der Waals surface area contributed by atoms with Crippen LogP contribution in [0.4, 0.5) is 0 Å². The molecule has 1 aliphatic heterocycles. The number of carbonyl (C=O) groups excluding carboxylic acids is 1. The van der Waals surface area contributed by atoms with Crippen LogP contribution in [0, 0.1) is 17.8 Å². The van der Waals surface area contributed by atoms with Gasteiger partial charge in [0.1, 0.15) is 5.78 Å². The first kappa shape index (κ1) is 8.86. The zero-order chi connectivity index (χ0) is 9.76. The van der Waals surface area contributed by atoms with Crippen LogP contribution in [-0.2, 0) is 14.3 Å². The van der Waals surface area contributed by atoms with E-state index in [0.717, 1.165) is 32.5 Å². The van der Waals surface area contributed by atoms with Crippen molar-refractivity contribution in [3.63, 3.8) is 0 Å². The maximum absolute atomic E-state index is 11.4. The number of rotatable bonds is 1. The quantitative estimate of drug-likeness (QED) is 0.635. The minimum Gasteiger partial charge on any atom is -0.347 e. The molecule has 0 aromatic rings. The average Bonchev–Trinajstić information content (AvgIpc) is 2.79. The molecule has 1 spiro atoms. The standard InChI is InChI=1S/C11H16O3/c1-7(12)10-5-9-4-8(10)6-11(9)13-2-3-14-11/h8-10H,2-6H2,1H3. The van der Waals surface area contributed by atoms with E-state index in [0.29, 0.717) is 23.5 Å². The van der Waals surface area contributed by atoms with Gasteiger partial charge in [0.25, 0.3) is 0 Å². The fourth-order valence-electron chi connectivity index (χ4n) is 3.56. The minimum atomic E-state index is -0.281. The Morgan fingerprint density at radius 3 is 2.50 bits per heavy atom. The molecule has 3 heteroatoms. The molecule has 3 unspecified atom stereocenters. The lowest BCUT2D eigenvalue weighted by Crippen LogP contribution is -2.39. The predicted octanol–water partition coefficient (Wildman–Crippen LogP) is 1.36. The lowest BCUT2D eigenvalue weighted by Gasteiger charge is -2.34. The van der Waals surface area contributed by atoms with E-state index < -0.39 is 0 Å². The highest BCUT2D eigenvalue weighted by atomic mass is 16.7. The van der Waals surface area contributed by atoms with Gasteiger partial charge in [0.05, 0.1) is 13.2 Å². The molecule has 0 amide bonds. The average molecular weight is 196 g/mol. The van der Waals surface area contributed by atoms with Crippen LogP contribution in [0.1, 0.15) is 26.2 Å². The Hall–Kier alpha value is -0.410. The Kier molecular flexibility index (Phi) is 1.77. The second kappa shape index (κ2) is 2.80. The molecule has 3 rings (SSSR count). The van der Waals surface area contributed by atoms with Gasteiger partial charge in [-0.3, -0.25) is 4.79 Å². The Labute approximate surface area is 83.8 Å². The molecule has 3 atom stereocenters. The van der Waals surface area contributed by atoms with E-state index in [4.69, 9.17) is 9.47 Å². The van der Waals surface area contributed by atoms with Crippen molar-refractivity contribution >= 4 is 5.78 Å². The van der Waals surface area contributed by atoms with E-state index in [1.807, 2.05) is 0 Å². The lowest BCUT2D eigenvalue weighted by molar-refractivity contribution is -0.194. The Morgan fingerprint density at radius 1 is 1.29 bits per heavy atom. The second-order valence-electron chi connectivity index (χ2n) is 4.86. The molecule has 2 saturated carbocycles. The third-order valence-electron chi connectivity index (χ3n) is 4.16. The van der Waals surface area contributed by atoms with E-state index in [-0.39, 0.29) is 5.79 Å². The number of hydrogen-bond donors (Lipinski definition) is 0. The lowest BCUT2D eigenvalue weighted by atomic mass is 9.83. The molecule has 0 aromatic heterocycles. The summed E-state index contributed by atoms with van der Waals surface area (Å²) in [7, 11) is 0. The topological polar surface area (TPSA) is 35.5 Å². The van der Waals surface area contributed by atoms with Crippen LogP contribution in [0.3, 0.4) is 0 Å². The number of Topliss-reactive ketones (excluding diaryl/α,β-unsaturated/α-hetero) is 1. The van der Waals surface area contributed by atoms with Gasteiger partial charge in [0, 0.05) is 18.3 Å². The smallest absolute Gasteiger partial charge is 0.171 e. The summed E-state index contributed by atoms with van der Waals surface area (Å²) >= 11 is 0. The number of carbonyl (C=O) groups is 1. The molecule has 0 radical (unpaired) electrons. The van der Waals surface area contributed by atoms with Gasteiger partial charge in [-0.05, 0) is 25.7 Å². The largest absolute Gasteiger partial charge is 0.347 e. The summed E-state index contributed by atoms with van der Waals surface area (Å²) in [5, 5.41) is 0. The highest BCUT2D eigenvalue weighted by molar-refractivity contribution is 5.79. The first-order chi connectivity index (χ1) is 6.71. The summed E-state index contributed by atoms with van der Waals surface area (Å²) in [4.78, 5) is 11.4. The van der Waals surface area contributed by atoms with Crippen LogP contribution in [0.5, 0.6) is 0 Å². The highest BCUT2D eigenvalue weighted by Gasteiger charge is 2.59. The molecule has 0 N–H and O–H groups in total. The molecule has 14 heavy (non-hydrogen) atoms. The monoisotopic (exact) mass is 196 g/mol. The van der Waals surface area contributed by atoms with Gasteiger partial charge in [-0.2, -0.15) is 0 Å². The van der Waals surface area contributed by atoms with Crippen LogP contribution >= 0.6 is 0 Å². The van der Waals surface area contributed by atoms with Gasteiger partial charge < -0.3 is 9.47 Å². The predicted molar refractivity (Wildman–Crippen MR) is 49.6 cm³/mol. The van der Waals surface area contributed by atoms with Crippen molar-refractivity contribution in [2.24, 2.45) is 17.8 Å². The summed E-state index contributed by atoms with van der Waals surface area (Å²) in [5.41, 5.74) is 0. The molecule has 3 aliphatic rings. The molecule has 2 aliphatic carbocycles. The molecule has 3 nitrogen and oxygen atoms in total. The molecule has 0 aromatic carbocycles. The van der Waals surface area contributed by atoms with Crippen molar-refractivity contribution in [2.75, 3.05) is 13.2 Å². The van der Waals surface area contributed by atoms with Crippen LogP contribution in [0.2, 0.25) is 0 Å².